The van der Waals surface area contributed by atoms with Gasteiger partial charge in [-0.05, 0) is 47.5 Å². The second-order valence-electron chi connectivity index (χ2n) is 7.85. The van der Waals surface area contributed by atoms with Crippen LogP contribution in [-0.4, -0.2) is 44.0 Å². The molecule has 1 fully saturated rings. The second kappa shape index (κ2) is 8.94. The molecule has 160 valence electrons. The number of benzene rings is 2. The van der Waals surface area contributed by atoms with Crippen molar-refractivity contribution >= 4 is 23.2 Å². The van der Waals surface area contributed by atoms with Gasteiger partial charge in [-0.1, -0.05) is 42.5 Å². The highest BCUT2D eigenvalue weighted by atomic mass is 32.1. The van der Waals surface area contributed by atoms with Gasteiger partial charge in [0, 0.05) is 25.0 Å². The van der Waals surface area contributed by atoms with Gasteiger partial charge in [-0.25, -0.2) is 0 Å². The molecule has 1 N–H and O–H groups in total. The Kier molecular flexibility index (Phi) is 6.09. The quantitative estimate of drug-likeness (QED) is 0.631. The van der Waals surface area contributed by atoms with E-state index >= 15 is 0 Å². The number of nitrogens with one attached hydrogen (secondary N) is 1. The molecule has 0 aliphatic carbocycles. The molecule has 5 nitrogen and oxygen atoms in total. The average Bonchev–Trinajstić information content (AvgIpc) is 3.49. The van der Waals surface area contributed by atoms with Crippen molar-refractivity contribution in [3.05, 3.63) is 77.2 Å². The monoisotopic (exact) mass is 434 g/mol. The SMILES string of the molecule is CNC(=O)C1(Cc2ccccc2-c2cccs2)CCN(C(=O)c2ccccc2OC)C1. The number of para-hydroxylation sites is 1. The summed E-state index contributed by atoms with van der Waals surface area (Å²) in [7, 11) is 3.23. The topological polar surface area (TPSA) is 58.6 Å². The lowest BCUT2D eigenvalue weighted by Gasteiger charge is -2.28. The van der Waals surface area contributed by atoms with Crippen LogP contribution in [0.1, 0.15) is 22.3 Å². The molecule has 2 amide bonds. The van der Waals surface area contributed by atoms with E-state index in [-0.39, 0.29) is 11.8 Å². The molecule has 1 aliphatic heterocycles. The van der Waals surface area contributed by atoms with Gasteiger partial charge in [0.25, 0.3) is 5.91 Å². The Hall–Kier alpha value is -3.12. The first-order valence-electron chi connectivity index (χ1n) is 10.3. The van der Waals surface area contributed by atoms with Crippen molar-refractivity contribution in [3.63, 3.8) is 0 Å². The van der Waals surface area contributed by atoms with Crippen LogP contribution in [0, 0.1) is 5.41 Å². The summed E-state index contributed by atoms with van der Waals surface area (Å²) in [4.78, 5) is 29.3. The number of carbonyl (C=O) groups is 2. The first kappa shape index (κ1) is 21.1. The molecular weight excluding hydrogens is 408 g/mol. The molecule has 0 radical (unpaired) electrons. The summed E-state index contributed by atoms with van der Waals surface area (Å²) < 4.78 is 5.37. The number of thiophene rings is 1. The van der Waals surface area contributed by atoms with Crippen molar-refractivity contribution in [2.75, 3.05) is 27.2 Å². The van der Waals surface area contributed by atoms with Gasteiger partial charge in [0.15, 0.2) is 0 Å². The van der Waals surface area contributed by atoms with E-state index in [0.29, 0.717) is 37.2 Å². The summed E-state index contributed by atoms with van der Waals surface area (Å²) in [6.07, 6.45) is 1.20. The van der Waals surface area contributed by atoms with Crippen LogP contribution in [0.3, 0.4) is 0 Å². The number of rotatable bonds is 6. The zero-order valence-corrected chi connectivity index (χ0v) is 18.6. The van der Waals surface area contributed by atoms with E-state index in [0.717, 1.165) is 11.1 Å². The van der Waals surface area contributed by atoms with Gasteiger partial charge in [-0.15, -0.1) is 11.3 Å². The molecule has 1 aromatic heterocycles. The molecule has 1 unspecified atom stereocenters. The third-order valence-electron chi connectivity index (χ3n) is 6.02. The number of nitrogens with zero attached hydrogens (tertiary/aromatic N) is 1. The molecule has 3 aromatic rings. The van der Waals surface area contributed by atoms with E-state index in [1.54, 1.807) is 42.5 Å². The van der Waals surface area contributed by atoms with Crippen molar-refractivity contribution in [3.8, 4) is 16.2 Å². The number of methoxy groups -OCH3 is 1. The summed E-state index contributed by atoms with van der Waals surface area (Å²) in [6.45, 7) is 0.911. The predicted molar refractivity (Wildman–Crippen MR) is 123 cm³/mol. The maximum Gasteiger partial charge on any atom is 0.257 e. The van der Waals surface area contributed by atoms with Crippen LogP contribution >= 0.6 is 11.3 Å². The van der Waals surface area contributed by atoms with Crippen LogP contribution in [-0.2, 0) is 11.2 Å². The molecule has 1 aliphatic rings. The molecule has 31 heavy (non-hydrogen) atoms. The van der Waals surface area contributed by atoms with E-state index in [1.165, 1.54) is 4.88 Å². The maximum atomic E-state index is 13.2. The second-order valence-corrected chi connectivity index (χ2v) is 8.80. The summed E-state index contributed by atoms with van der Waals surface area (Å²) in [5, 5.41) is 4.90. The lowest BCUT2D eigenvalue weighted by atomic mass is 9.78. The number of hydrogen-bond donors (Lipinski definition) is 1. The largest absolute Gasteiger partial charge is 0.496 e. The van der Waals surface area contributed by atoms with Crippen molar-refractivity contribution in [2.45, 2.75) is 12.8 Å². The summed E-state index contributed by atoms with van der Waals surface area (Å²) in [5.74, 6) is 0.423. The van der Waals surface area contributed by atoms with Gasteiger partial charge in [-0.2, -0.15) is 0 Å². The first-order valence-corrected chi connectivity index (χ1v) is 11.2. The van der Waals surface area contributed by atoms with Crippen molar-refractivity contribution in [1.82, 2.24) is 10.2 Å². The molecule has 2 aromatic carbocycles. The van der Waals surface area contributed by atoms with E-state index in [2.05, 4.69) is 28.9 Å². The fraction of sp³-hybridized carbons (Fsp3) is 0.280. The van der Waals surface area contributed by atoms with E-state index in [9.17, 15) is 9.59 Å². The number of likely N-dealkylation sites (tertiary alicyclic amines) is 1. The normalized spacial score (nSPS) is 18.1. The standard InChI is InChI=1S/C25H26N2O3S/c1-26-24(29)25(16-18-8-3-4-9-19(18)22-12-7-15-31-22)13-14-27(17-25)23(28)20-10-5-6-11-21(20)30-2/h3-12,15H,13-14,16-17H2,1-2H3,(H,26,29). The number of amides is 2. The first-order chi connectivity index (χ1) is 15.1. The minimum atomic E-state index is -0.667. The van der Waals surface area contributed by atoms with Crippen LogP contribution in [0.4, 0.5) is 0 Å². The van der Waals surface area contributed by atoms with Crippen LogP contribution in [0.25, 0.3) is 10.4 Å². The van der Waals surface area contributed by atoms with Gasteiger partial charge in [0.2, 0.25) is 5.91 Å². The number of ether oxygens (including phenoxy) is 1. The van der Waals surface area contributed by atoms with E-state index < -0.39 is 5.41 Å². The molecule has 0 saturated carbocycles. The van der Waals surface area contributed by atoms with Gasteiger partial charge >= 0.3 is 0 Å². The lowest BCUT2D eigenvalue weighted by molar-refractivity contribution is -0.129. The van der Waals surface area contributed by atoms with Crippen molar-refractivity contribution in [1.29, 1.82) is 0 Å². The third-order valence-corrected chi connectivity index (χ3v) is 6.92. The number of carbonyl (C=O) groups excluding carboxylic acids is 2. The summed E-state index contributed by atoms with van der Waals surface area (Å²) in [5.41, 5.74) is 2.13. The Bertz CT molecular complexity index is 1080. The molecular formula is C25H26N2O3S. The zero-order valence-electron chi connectivity index (χ0n) is 17.8. The minimum absolute atomic E-state index is 0.0243. The van der Waals surface area contributed by atoms with E-state index in [1.807, 2.05) is 30.3 Å². The highest BCUT2D eigenvalue weighted by Gasteiger charge is 2.46. The van der Waals surface area contributed by atoms with Crippen molar-refractivity contribution < 1.29 is 14.3 Å². The van der Waals surface area contributed by atoms with Gasteiger partial charge < -0.3 is 15.0 Å². The van der Waals surface area contributed by atoms with Crippen LogP contribution < -0.4 is 10.1 Å². The molecule has 1 atom stereocenters. The van der Waals surface area contributed by atoms with Crippen LogP contribution in [0.15, 0.2) is 66.0 Å². The van der Waals surface area contributed by atoms with Gasteiger partial charge in [-0.3, -0.25) is 9.59 Å². The fourth-order valence-corrected chi connectivity index (χ4v) is 5.21. The van der Waals surface area contributed by atoms with Crippen LogP contribution in [0.2, 0.25) is 0 Å². The third kappa shape index (κ3) is 4.08. The molecule has 4 rings (SSSR count). The Balaban J connectivity index is 1.64. The lowest BCUT2D eigenvalue weighted by Crippen LogP contribution is -2.44. The zero-order chi connectivity index (χ0) is 21.8. The highest BCUT2D eigenvalue weighted by Crippen LogP contribution is 2.39. The molecule has 0 spiro atoms. The number of hydrogen-bond acceptors (Lipinski definition) is 4. The molecule has 0 bridgehead atoms. The van der Waals surface area contributed by atoms with Crippen LogP contribution in [0.5, 0.6) is 5.75 Å². The predicted octanol–water partition coefficient (Wildman–Crippen LogP) is 4.24. The van der Waals surface area contributed by atoms with E-state index in [4.69, 9.17) is 4.74 Å². The Morgan fingerprint density at radius 3 is 2.61 bits per heavy atom. The van der Waals surface area contributed by atoms with Gasteiger partial charge in [0.05, 0.1) is 18.1 Å². The van der Waals surface area contributed by atoms with Crippen molar-refractivity contribution in [2.24, 2.45) is 5.41 Å². The summed E-state index contributed by atoms with van der Waals surface area (Å²) in [6, 6.07) is 19.6. The fourth-order valence-electron chi connectivity index (χ4n) is 4.42. The molecule has 1 saturated heterocycles. The van der Waals surface area contributed by atoms with Gasteiger partial charge in [0.1, 0.15) is 5.75 Å². The molecule has 2 heterocycles. The average molecular weight is 435 g/mol. The Labute approximate surface area is 186 Å². The minimum Gasteiger partial charge on any atom is -0.496 e. The maximum absolute atomic E-state index is 13.2. The Morgan fingerprint density at radius 2 is 1.87 bits per heavy atom. The summed E-state index contributed by atoms with van der Waals surface area (Å²) >= 11 is 1.69. The highest BCUT2D eigenvalue weighted by molar-refractivity contribution is 7.13. The molecule has 6 heteroatoms. The Morgan fingerprint density at radius 1 is 1.10 bits per heavy atom. The smallest absolute Gasteiger partial charge is 0.257 e.